The SMILES string of the molecule is CCCNC(c1ccoc1C)c1c(Br)cnn1C. The van der Waals surface area contributed by atoms with Crippen molar-refractivity contribution in [3.63, 3.8) is 0 Å². The van der Waals surface area contributed by atoms with Gasteiger partial charge in [-0.2, -0.15) is 5.10 Å². The second-order valence-electron chi connectivity index (χ2n) is 4.32. The maximum atomic E-state index is 5.42. The molecule has 5 heteroatoms. The van der Waals surface area contributed by atoms with Crippen LogP contribution in [0.3, 0.4) is 0 Å². The molecule has 0 amide bonds. The topological polar surface area (TPSA) is 43.0 Å². The van der Waals surface area contributed by atoms with Gasteiger partial charge in [-0.25, -0.2) is 0 Å². The largest absolute Gasteiger partial charge is 0.469 e. The third-order valence-electron chi connectivity index (χ3n) is 3.02. The zero-order chi connectivity index (χ0) is 13.1. The first-order chi connectivity index (χ1) is 8.65. The number of hydrogen-bond donors (Lipinski definition) is 1. The molecule has 1 atom stereocenters. The van der Waals surface area contributed by atoms with Crippen molar-refractivity contribution in [1.82, 2.24) is 15.1 Å². The number of aromatic nitrogens is 2. The zero-order valence-corrected chi connectivity index (χ0v) is 12.5. The Kier molecular flexibility index (Phi) is 4.24. The van der Waals surface area contributed by atoms with E-state index in [-0.39, 0.29) is 6.04 Å². The van der Waals surface area contributed by atoms with Gasteiger partial charge in [-0.3, -0.25) is 4.68 Å². The van der Waals surface area contributed by atoms with Crippen LogP contribution >= 0.6 is 15.9 Å². The molecule has 0 aromatic carbocycles. The number of nitrogens with zero attached hydrogens (tertiary/aromatic N) is 2. The molecule has 1 unspecified atom stereocenters. The third kappa shape index (κ3) is 2.52. The van der Waals surface area contributed by atoms with Gasteiger partial charge in [0.1, 0.15) is 5.76 Å². The van der Waals surface area contributed by atoms with Crippen molar-refractivity contribution in [2.45, 2.75) is 26.3 Å². The predicted octanol–water partition coefficient (Wildman–Crippen LogP) is 3.17. The summed E-state index contributed by atoms with van der Waals surface area (Å²) in [6.45, 7) is 5.09. The minimum atomic E-state index is 0.102. The Morgan fingerprint density at radius 2 is 2.33 bits per heavy atom. The van der Waals surface area contributed by atoms with E-state index in [9.17, 15) is 0 Å². The lowest BCUT2D eigenvalue weighted by molar-refractivity contribution is 0.507. The summed E-state index contributed by atoms with van der Waals surface area (Å²) in [5.74, 6) is 0.941. The van der Waals surface area contributed by atoms with Crippen molar-refractivity contribution < 1.29 is 4.42 Å². The smallest absolute Gasteiger partial charge is 0.105 e. The number of halogens is 1. The summed E-state index contributed by atoms with van der Waals surface area (Å²) in [6.07, 6.45) is 4.64. The van der Waals surface area contributed by atoms with E-state index in [0.29, 0.717) is 0 Å². The van der Waals surface area contributed by atoms with Crippen LogP contribution in [0.5, 0.6) is 0 Å². The van der Waals surface area contributed by atoms with Crippen LogP contribution in [-0.2, 0) is 7.05 Å². The molecule has 0 aliphatic rings. The molecular formula is C13H18BrN3O. The van der Waals surface area contributed by atoms with E-state index in [4.69, 9.17) is 4.42 Å². The minimum absolute atomic E-state index is 0.102. The second kappa shape index (κ2) is 5.71. The van der Waals surface area contributed by atoms with Crippen molar-refractivity contribution in [2.75, 3.05) is 6.54 Å². The highest BCUT2D eigenvalue weighted by Gasteiger charge is 2.22. The van der Waals surface area contributed by atoms with E-state index in [0.717, 1.165) is 34.5 Å². The molecule has 0 fully saturated rings. The minimum Gasteiger partial charge on any atom is -0.469 e. The van der Waals surface area contributed by atoms with Crippen molar-refractivity contribution in [2.24, 2.45) is 7.05 Å². The van der Waals surface area contributed by atoms with Gasteiger partial charge in [0, 0.05) is 12.6 Å². The molecule has 0 saturated carbocycles. The van der Waals surface area contributed by atoms with Gasteiger partial charge >= 0.3 is 0 Å². The number of aryl methyl sites for hydroxylation is 2. The van der Waals surface area contributed by atoms with Gasteiger partial charge in [0.25, 0.3) is 0 Å². The van der Waals surface area contributed by atoms with Gasteiger partial charge in [0.2, 0.25) is 0 Å². The van der Waals surface area contributed by atoms with E-state index < -0.39 is 0 Å². The fraction of sp³-hybridized carbons (Fsp3) is 0.462. The van der Waals surface area contributed by atoms with Crippen LogP contribution < -0.4 is 5.32 Å². The normalized spacial score (nSPS) is 12.9. The molecule has 18 heavy (non-hydrogen) atoms. The fourth-order valence-electron chi connectivity index (χ4n) is 2.08. The molecule has 2 rings (SSSR count). The van der Waals surface area contributed by atoms with Crippen molar-refractivity contribution >= 4 is 15.9 Å². The van der Waals surface area contributed by atoms with Crippen LogP contribution in [0.1, 0.15) is 36.4 Å². The highest BCUT2D eigenvalue weighted by molar-refractivity contribution is 9.10. The summed E-state index contributed by atoms with van der Waals surface area (Å²) < 4.78 is 8.32. The fourth-order valence-corrected chi connectivity index (χ4v) is 2.66. The van der Waals surface area contributed by atoms with E-state index in [1.165, 1.54) is 0 Å². The number of rotatable bonds is 5. The molecule has 0 radical (unpaired) electrons. The molecule has 0 bridgehead atoms. The Labute approximate surface area is 115 Å². The molecule has 0 spiro atoms. The summed E-state index contributed by atoms with van der Waals surface area (Å²) in [7, 11) is 1.95. The standard InChI is InChI=1S/C13H18BrN3O/c1-4-6-15-12(10-5-7-18-9(10)2)13-11(14)8-16-17(13)3/h5,7-8,12,15H,4,6H2,1-3H3. The van der Waals surface area contributed by atoms with Crippen molar-refractivity contribution in [1.29, 1.82) is 0 Å². The first-order valence-electron chi connectivity index (χ1n) is 6.10. The molecule has 1 N–H and O–H groups in total. The lowest BCUT2D eigenvalue weighted by atomic mass is 10.0. The molecule has 0 aliphatic carbocycles. The van der Waals surface area contributed by atoms with E-state index in [1.807, 2.05) is 30.9 Å². The maximum Gasteiger partial charge on any atom is 0.105 e. The number of furan rings is 1. The lowest BCUT2D eigenvalue weighted by Crippen LogP contribution is -2.25. The van der Waals surface area contributed by atoms with Crippen LogP contribution in [0.15, 0.2) is 27.4 Å². The Morgan fingerprint density at radius 1 is 1.56 bits per heavy atom. The molecule has 2 heterocycles. The van der Waals surface area contributed by atoms with Gasteiger partial charge in [-0.05, 0) is 41.9 Å². The lowest BCUT2D eigenvalue weighted by Gasteiger charge is -2.19. The molecule has 0 aliphatic heterocycles. The Bertz CT molecular complexity index is 499. The monoisotopic (exact) mass is 311 g/mol. The first-order valence-corrected chi connectivity index (χ1v) is 6.89. The van der Waals surface area contributed by atoms with Crippen LogP contribution in [0.2, 0.25) is 0 Å². The summed E-state index contributed by atoms with van der Waals surface area (Å²) in [5.41, 5.74) is 2.28. The molecule has 2 aromatic heterocycles. The van der Waals surface area contributed by atoms with Gasteiger partial charge in [-0.15, -0.1) is 0 Å². The Morgan fingerprint density at radius 3 is 2.83 bits per heavy atom. The van der Waals surface area contributed by atoms with Gasteiger partial charge < -0.3 is 9.73 Å². The third-order valence-corrected chi connectivity index (χ3v) is 3.63. The van der Waals surface area contributed by atoms with Crippen molar-refractivity contribution in [3.05, 3.63) is 40.0 Å². The zero-order valence-electron chi connectivity index (χ0n) is 10.9. The van der Waals surface area contributed by atoms with Gasteiger partial charge in [0.05, 0.1) is 28.7 Å². The summed E-state index contributed by atoms with van der Waals surface area (Å²) >= 11 is 3.57. The van der Waals surface area contributed by atoms with Crippen LogP contribution in [0, 0.1) is 6.92 Å². The quantitative estimate of drug-likeness (QED) is 0.922. The van der Waals surface area contributed by atoms with E-state index in [2.05, 4.69) is 33.3 Å². The Balaban J connectivity index is 2.40. The molecule has 0 saturated heterocycles. The summed E-state index contributed by atoms with van der Waals surface area (Å²) in [5, 5.41) is 7.83. The average molecular weight is 312 g/mol. The maximum absolute atomic E-state index is 5.42. The van der Waals surface area contributed by atoms with Gasteiger partial charge in [0.15, 0.2) is 0 Å². The average Bonchev–Trinajstić information content (AvgIpc) is 2.90. The number of nitrogens with one attached hydrogen (secondary N) is 1. The van der Waals surface area contributed by atoms with Gasteiger partial charge in [-0.1, -0.05) is 6.92 Å². The predicted molar refractivity (Wildman–Crippen MR) is 74.5 cm³/mol. The Hall–Kier alpha value is -1.07. The number of hydrogen-bond acceptors (Lipinski definition) is 3. The molecule has 98 valence electrons. The van der Waals surface area contributed by atoms with Crippen LogP contribution in [0.25, 0.3) is 0 Å². The van der Waals surface area contributed by atoms with Crippen molar-refractivity contribution in [3.8, 4) is 0 Å². The molecule has 2 aromatic rings. The molecule has 4 nitrogen and oxygen atoms in total. The summed E-state index contributed by atoms with van der Waals surface area (Å²) in [6, 6.07) is 2.12. The highest BCUT2D eigenvalue weighted by atomic mass is 79.9. The molecular weight excluding hydrogens is 294 g/mol. The van der Waals surface area contributed by atoms with Crippen LogP contribution in [0.4, 0.5) is 0 Å². The van der Waals surface area contributed by atoms with E-state index in [1.54, 1.807) is 6.26 Å². The van der Waals surface area contributed by atoms with Crippen LogP contribution in [-0.4, -0.2) is 16.3 Å². The highest BCUT2D eigenvalue weighted by Crippen LogP contribution is 2.30. The van der Waals surface area contributed by atoms with E-state index >= 15 is 0 Å². The first kappa shape index (κ1) is 13.4. The second-order valence-corrected chi connectivity index (χ2v) is 5.17. The summed E-state index contributed by atoms with van der Waals surface area (Å²) in [4.78, 5) is 0.